The van der Waals surface area contributed by atoms with Crippen molar-refractivity contribution in [2.24, 2.45) is 4.74 Å². The maximum atomic E-state index is 11.3. The van der Waals surface area contributed by atoms with E-state index in [4.69, 9.17) is 13.7 Å². The zero-order chi connectivity index (χ0) is 21.2. The van der Waals surface area contributed by atoms with Gasteiger partial charge in [-0.25, -0.2) is 4.74 Å². The minimum atomic E-state index is -2.80. The zero-order valence-corrected chi connectivity index (χ0v) is 18.1. The fourth-order valence-electron chi connectivity index (χ4n) is 2.92. The van der Waals surface area contributed by atoms with Gasteiger partial charge in [0.05, 0.1) is 10.6 Å². The summed E-state index contributed by atoms with van der Waals surface area (Å²) in [5.74, 6) is 1.44. The average molecular weight is 412 g/mol. The van der Waals surface area contributed by atoms with Crippen molar-refractivity contribution in [1.82, 2.24) is 0 Å². The van der Waals surface area contributed by atoms with Gasteiger partial charge in [-0.15, -0.1) is 0 Å². The first kappa shape index (κ1) is 20.9. The van der Waals surface area contributed by atoms with E-state index in [1.807, 2.05) is 56.3 Å². The van der Waals surface area contributed by atoms with Gasteiger partial charge in [0.15, 0.2) is 5.50 Å². The molecule has 0 aliphatic heterocycles. The van der Waals surface area contributed by atoms with Crippen molar-refractivity contribution in [3.8, 4) is 5.75 Å². The summed E-state index contributed by atoms with van der Waals surface area (Å²) in [7, 11) is -2.80. The van der Waals surface area contributed by atoms with E-state index in [0.29, 0.717) is 16.9 Å². The predicted molar refractivity (Wildman–Crippen MR) is 117 cm³/mol. The van der Waals surface area contributed by atoms with Crippen LogP contribution in [-0.2, 0) is 0 Å². The second-order valence-electron chi connectivity index (χ2n) is 7.86. The molecule has 6 nitrogen and oxygen atoms in total. The van der Waals surface area contributed by atoms with Gasteiger partial charge in [0, 0.05) is 17.3 Å². The number of para-hydroxylation sites is 1. The van der Waals surface area contributed by atoms with Crippen LogP contribution in [0.15, 0.2) is 69.8 Å². The topological polar surface area (TPSA) is 77.9 Å². The number of nitro groups is 1. The minimum Gasteiger partial charge on any atom is -0.457 e. The van der Waals surface area contributed by atoms with Crippen LogP contribution in [0.1, 0.15) is 32.1 Å². The first-order valence-corrected chi connectivity index (χ1v) is 11.0. The SMILES string of the molecule is Cc1ccc(P(=Nc2cc([N+](=O)[O-])ccc2C)(Oc2ccccc2)C(C)(C)C)o1. The number of non-ortho nitro benzene ring substituents is 1. The summed E-state index contributed by atoms with van der Waals surface area (Å²) in [4.78, 5) is 10.9. The summed E-state index contributed by atoms with van der Waals surface area (Å²) >= 11 is 0. The maximum Gasteiger partial charge on any atom is 0.271 e. The quantitative estimate of drug-likeness (QED) is 0.264. The van der Waals surface area contributed by atoms with Crippen LogP contribution in [0, 0.1) is 24.0 Å². The van der Waals surface area contributed by atoms with Gasteiger partial charge in [0.2, 0.25) is 7.28 Å². The van der Waals surface area contributed by atoms with Crippen molar-refractivity contribution in [2.45, 2.75) is 39.8 Å². The molecule has 1 atom stereocenters. The Kier molecular flexibility index (Phi) is 5.67. The number of nitrogens with zero attached hydrogens (tertiary/aromatic N) is 2. The molecule has 0 aliphatic rings. The Hall–Kier alpha value is -2.85. The lowest BCUT2D eigenvalue weighted by molar-refractivity contribution is -0.384. The molecule has 1 unspecified atom stereocenters. The third-order valence-electron chi connectivity index (χ3n) is 4.57. The molecule has 0 spiro atoms. The molecule has 1 heterocycles. The molecule has 0 amide bonds. The van der Waals surface area contributed by atoms with E-state index >= 15 is 0 Å². The van der Waals surface area contributed by atoms with E-state index in [1.165, 1.54) is 12.1 Å². The van der Waals surface area contributed by atoms with E-state index in [9.17, 15) is 10.1 Å². The van der Waals surface area contributed by atoms with E-state index in [-0.39, 0.29) is 5.69 Å². The molecule has 2 aromatic carbocycles. The highest BCUT2D eigenvalue weighted by Crippen LogP contribution is 2.62. The monoisotopic (exact) mass is 412 g/mol. The number of benzene rings is 2. The van der Waals surface area contributed by atoms with Crippen LogP contribution in [0.25, 0.3) is 0 Å². The van der Waals surface area contributed by atoms with Gasteiger partial charge in [0.25, 0.3) is 5.69 Å². The van der Waals surface area contributed by atoms with Crippen molar-refractivity contribution < 1.29 is 13.9 Å². The highest BCUT2D eigenvalue weighted by atomic mass is 31.2. The van der Waals surface area contributed by atoms with Crippen LogP contribution < -0.4 is 10.0 Å². The first-order valence-electron chi connectivity index (χ1n) is 9.31. The van der Waals surface area contributed by atoms with Crippen LogP contribution in [0.3, 0.4) is 0 Å². The van der Waals surface area contributed by atoms with Crippen molar-refractivity contribution >= 4 is 24.2 Å². The largest absolute Gasteiger partial charge is 0.457 e. The predicted octanol–water partition coefficient (Wildman–Crippen LogP) is 6.76. The smallest absolute Gasteiger partial charge is 0.271 e. The summed E-state index contributed by atoms with van der Waals surface area (Å²) in [5, 5.41) is 10.9. The third-order valence-corrected chi connectivity index (χ3v) is 8.20. The standard InChI is InChI=1S/C22H25N2O4P/c1-16-11-13-18(24(25)26)15-20(16)23-29(22(3,4)5,21-14-12-17(2)27-21)28-19-9-7-6-8-10-19/h6-15H,1-5H3. The summed E-state index contributed by atoms with van der Waals surface area (Å²) in [6, 6.07) is 18.0. The maximum absolute atomic E-state index is 11.3. The molecule has 0 radical (unpaired) electrons. The number of rotatable bonds is 5. The Morgan fingerprint density at radius 2 is 1.72 bits per heavy atom. The Bertz CT molecular complexity index is 1080. The van der Waals surface area contributed by atoms with Gasteiger partial charge in [-0.1, -0.05) is 45.0 Å². The molecule has 3 rings (SSSR count). The zero-order valence-electron chi connectivity index (χ0n) is 17.2. The molecular weight excluding hydrogens is 387 g/mol. The van der Waals surface area contributed by atoms with E-state index in [0.717, 1.165) is 11.3 Å². The molecule has 0 bridgehead atoms. The molecule has 0 N–H and O–H groups in total. The average Bonchev–Trinajstić information content (AvgIpc) is 3.09. The summed E-state index contributed by atoms with van der Waals surface area (Å²) in [5.41, 5.74) is 2.02. The van der Waals surface area contributed by atoms with Crippen molar-refractivity contribution in [1.29, 1.82) is 0 Å². The fourth-order valence-corrected chi connectivity index (χ4v) is 5.88. The summed E-state index contributed by atoms with van der Waals surface area (Å²) < 4.78 is 17.7. The van der Waals surface area contributed by atoms with Crippen LogP contribution >= 0.6 is 7.28 Å². The van der Waals surface area contributed by atoms with E-state index in [1.54, 1.807) is 6.07 Å². The number of hydrogen-bond acceptors (Lipinski definition) is 5. The lowest BCUT2D eigenvalue weighted by Gasteiger charge is -2.35. The second-order valence-corrected chi connectivity index (χ2v) is 11.2. The molecule has 152 valence electrons. The van der Waals surface area contributed by atoms with Crippen LogP contribution in [-0.4, -0.2) is 10.1 Å². The lowest BCUT2D eigenvalue weighted by Crippen LogP contribution is -2.26. The Labute approximate surface area is 170 Å². The molecule has 1 aromatic heterocycles. The molecule has 7 heteroatoms. The number of aryl methyl sites for hydroxylation is 2. The highest BCUT2D eigenvalue weighted by molar-refractivity contribution is 7.70. The minimum absolute atomic E-state index is 0.00306. The first-order chi connectivity index (χ1) is 13.6. The van der Waals surface area contributed by atoms with Gasteiger partial charge in [0.1, 0.15) is 11.5 Å². The molecule has 0 fully saturated rings. The van der Waals surface area contributed by atoms with E-state index < -0.39 is 17.4 Å². The van der Waals surface area contributed by atoms with Crippen LogP contribution in [0.2, 0.25) is 0 Å². The van der Waals surface area contributed by atoms with Gasteiger partial charge >= 0.3 is 0 Å². The highest BCUT2D eigenvalue weighted by Gasteiger charge is 2.41. The molecule has 0 aliphatic carbocycles. The Morgan fingerprint density at radius 3 is 2.28 bits per heavy atom. The summed E-state index contributed by atoms with van der Waals surface area (Å²) in [6.45, 7) is 9.92. The van der Waals surface area contributed by atoms with Gasteiger partial charge in [-0.2, -0.15) is 0 Å². The van der Waals surface area contributed by atoms with E-state index in [2.05, 4.69) is 20.8 Å². The summed E-state index contributed by atoms with van der Waals surface area (Å²) in [6.07, 6.45) is 0. The van der Waals surface area contributed by atoms with Crippen molar-refractivity contribution in [3.05, 3.63) is 82.1 Å². The lowest BCUT2D eigenvalue weighted by atomic mass is 10.2. The normalized spacial score (nSPS) is 13.6. The Morgan fingerprint density at radius 1 is 1.03 bits per heavy atom. The molecular formula is C22H25N2O4P. The number of hydrogen-bond donors (Lipinski definition) is 0. The molecule has 3 aromatic rings. The number of nitro benzene ring substituents is 1. The second kappa shape index (κ2) is 7.88. The third kappa shape index (κ3) is 4.28. The molecule has 29 heavy (non-hydrogen) atoms. The van der Waals surface area contributed by atoms with Crippen LogP contribution in [0.5, 0.6) is 5.75 Å². The number of furan rings is 1. The van der Waals surface area contributed by atoms with Gasteiger partial charge in [-0.3, -0.25) is 10.1 Å². The Balaban J connectivity index is 2.34. The fraction of sp³-hybridized carbons (Fsp3) is 0.273. The van der Waals surface area contributed by atoms with Gasteiger partial charge in [-0.05, 0) is 43.7 Å². The van der Waals surface area contributed by atoms with Gasteiger partial charge < -0.3 is 8.94 Å². The van der Waals surface area contributed by atoms with Crippen molar-refractivity contribution in [3.63, 3.8) is 0 Å². The van der Waals surface area contributed by atoms with Crippen molar-refractivity contribution in [2.75, 3.05) is 0 Å². The molecule has 0 saturated carbocycles. The van der Waals surface area contributed by atoms with Crippen LogP contribution in [0.4, 0.5) is 11.4 Å². The molecule has 0 saturated heterocycles.